The maximum absolute atomic E-state index is 13.9. The third kappa shape index (κ3) is 4.01. The largest absolute Gasteiger partial charge is 0.488 e. The highest BCUT2D eigenvalue weighted by Crippen LogP contribution is 2.39. The van der Waals surface area contributed by atoms with Gasteiger partial charge in [-0.15, -0.1) is 0 Å². The summed E-state index contributed by atoms with van der Waals surface area (Å²) in [7, 11) is 1.59. The van der Waals surface area contributed by atoms with Crippen molar-refractivity contribution in [1.82, 2.24) is 14.4 Å². The molecule has 0 aliphatic carbocycles. The van der Waals surface area contributed by atoms with Crippen molar-refractivity contribution < 1.29 is 13.9 Å². The van der Waals surface area contributed by atoms with Crippen LogP contribution >= 0.6 is 0 Å². The van der Waals surface area contributed by atoms with Crippen LogP contribution in [0.25, 0.3) is 11.4 Å². The molecule has 0 spiro atoms. The van der Waals surface area contributed by atoms with Gasteiger partial charge in [-0.1, -0.05) is 32.0 Å². The Morgan fingerprint density at radius 3 is 2.71 bits per heavy atom. The molecule has 1 aliphatic heterocycles. The Labute approximate surface area is 203 Å². The zero-order valence-electron chi connectivity index (χ0n) is 20.1. The molecule has 7 heteroatoms. The van der Waals surface area contributed by atoms with Gasteiger partial charge in [0.2, 0.25) is 11.7 Å². The fourth-order valence-corrected chi connectivity index (χ4v) is 4.63. The number of rotatable bonds is 4. The monoisotopic (exact) mass is 468 g/mol. The lowest BCUT2D eigenvalue weighted by molar-refractivity contribution is 0.305. The van der Waals surface area contributed by atoms with Crippen LogP contribution in [0, 0.1) is 17.1 Å². The number of halogens is 1. The van der Waals surface area contributed by atoms with E-state index in [2.05, 4.69) is 37.0 Å². The predicted octanol–water partition coefficient (Wildman–Crippen LogP) is 5.83. The Morgan fingerprint density at radius 2 is 1.97 bits per heavy atom. The number of methoxy groups -OCH3 is 1. The second-order valence-corrected chi connectivity index (χ2v) is 8.95. The molecule has 2 aromatic carbocycles. The number of hydrogen-bond acceptors (Lipinski definition) is 5. The summed E-state index contributed by atoms with van der Waals surface area (Å²) in [5.74, 6) is 1.42. The fraction of sp³-hybridized carbons (Fsp3) is 0.250. The van der Waals surface area contributed by atoms with Gasteiger partial charge in [0.1, 0.15) is 18.2 Å². The third-order valence-electron chi connectivity index (χ3n) is 6.30. The number of hydrogen-bond donors (Lipinski definition) is 0. The van der Waals surface area contributed by atoms with Gasteiger partial charge in [0.15, 0.2) is 0 Å². The Bertz CT molecular complexity index is 1530. The molecule has 0 amide bonds. The van der Waals surface area contributed by atoms with E-state index < -0.39 is 0 Å². The molecule has 0 N–H and O–H groups in total. The summed E-state index contributed by atoms with van der Waals surface area (Å²) in [6.07, 6.45) is 2.58. The van der Waals surface area contributed by atoms with Crippen molar-refractivity contribution in [3.05, 3.63) is 93.7 Å². The molecule has 0 atom stereocenters. The molecule has 0 saturated heterocycles. The summed E-state index contributed by atoms with van der Waals surface area (Å²) in [6, 6.07) is 14.7. The number of nitriles is 1. The standard InChI is InChI=1S/C28H25FN4O2/c1-16(2)27-23(33-10-9-25(34-4)31-28(33)32-27)12-18-5-7-21-19(11-18)15-35-24-13-20(29)6-8-22(24)26(21)17(3)14-30/h5-11,13,16H,12,15H2,1-4H3/b26-17-. The van der Waals surface area contributed by atoms with Gasteiger partial charge in [0.05, 0.1) is 24.6 Å². The second kappa shape index (κ2) is 8.88. The van der Waals surface area contributed by atoms with E-state index in [1.54, 1.807) is 20.1 Å². The van der Waals surface area contributed by atoms with E-state index in [-0.39, 0.29) is 18.3 Å². The molecule has 0 saturated carbocycles. The van der Waals surface area contributed by atoms with Gasteiger partial charge in [-0.2, -0.15) is 10.2 Å². The molecule has 3 heterocycles. The van der Waals surface area contributed by atoms with Gasteiger partial charge < -0.3 is 9.47 Å². The highest BCUT2D eigenvalue weighted by Gasteiger charge is 2.23. The van der Waals surface area contributed by atoms with Gasteiger partial charge >= 0.3 is 0 Å². The first kappa shape index (κ1) is 22.6. The first-order valence-electron chi connectivity index (χ1n) is 11.5. The molecule has 35 heavy (non-hydrogen) atoms. The maximum Gasteiger partial charge on any atom is 0.237 e. The summed E-state index contributed by atoms with van der Waals surface area (Å²) in [5.41, 5.74) is 7.06. The molecule has 0 bridgehead atoms. The summed E-state index contributed by atoms with van der Waals surface area (Å²) < 4.78 is 27.2. The van der Waals surface area contributed by atoms with Crippen LogP contribution in [0.5, 0.6) is 11.6 Å². The summed E-state index contributed by atoms with van der Waals surface area (Å²) >= 11 is 0. The lowest BCUT2D eigenvalue weighted by Crippen LogP contribution is -2.03. The Balaban J connectivity index is 1.60. The average molecular weight is 469 g/mol. The molecule has 0 radical (unpaired) electrons. The van der Waals surface area contributed by atoms with E-state index in [1.807, 2.05) is 22.7 Å². The van der Waals surface area contributed by atoms with Crippen molar-refractivity contribution in [2.75, 3.05) is 7.11 Å². The van der Waals surface area contributed by atoms with Crippen molar-refractivity contribution in [2.24, 2.45) is 0 Å². The van der Waals surface area contributed by atoms with E-state index in [9.17, 15) is 9.65 Å². The van der Waals surface area contributed by atoms with Crippen LogP contribution in [-0.4, -0.2) is 21.5 Å². The molecule has 0 unspecified atom stereocenters. The normalized spacial score (nSPS) is 14.1. The summed E-state index contributed by atoms with van der Waals surface area (Å²) in [4.78, 5) is 9.26. The van der Waals surface area contributed by atoms with E-state index in [0.717, 1.165) is 39.2 Å². The predicted molar refractivity (Wildman–Crippen MR) is 131 cm³/mol. The summed E-state index contributed by atoms with van der Waals surface area (Å²) in [6.45, 7) is 6.29. The number of aromatic nitrogens is 3. The van der Waals surface area contributed by atoms with E-state index >= 15 is 0 Å². The smallest absolute Gasteiger partial charge is 0.237 e. The number of imidazole rings is 1. The SMILES string of the molecule is COc1ccn2c(Cc3ccc4c(c3)COc3cc(F)ccc3/C4=C(/C)C#N)c(C(C)C)nc2n1. The van der Waals surface area contributed by atoms with Gasteiger partial charge in [-0.05, 0) is 41.7 Å². The van der Waals surface area contributed by atoms with Crippen LogP contribution in [0.2, 0.25) is 0 Å². The van der Waals surface area contributed by atoms with Gasteiger partial charge in [-0.3, -0.25) is 4.40 Å². The van der Waals surface area contributed by atoms with Crippen molar-refractivity contribution >= 4 is 11.4 Å². The Hall–Kier alpha value is -4.18. The van der Waals surface area contributed by atoms with Crippen LogP contribution in [0.3, 0.4) is 0 Å². The molecule has 2 aromatic heterocycles. The molecule has 6 nitrogen and oxygen atoms in total. The summed E-state index contributed by atoms with van der Waals surface area (Å²) in [5, 5.41) is 9.68. The Morgan fingerprint density at radius 1 is 1.17 bits per heavy atom. The van der Waals surface area contributed by atoms with Crippen molar-refractivity contribution in [2.45, 2.75) is 39.7 Å². The molecule has 1 aliphatic rings. The number of benzene rings is 2. The van der Waals surface area contributed by atoms with Crippen molar-refractivity contribution in [3.8, 4) is 17.7 Å². The molecule has 5 rings (SSSR count). The van der Waals surface area contributed by atoms with E-state index in [4.69, 9.17) is 14.5 Å². The molecule has 0 fully saturated rings. The Kier molecular flexibility index (Phi) is 5.73. The number of fused-ring (bicyclic) bond motifs is 3. The third-order valence-corrected chi connectivity index (χ3v) is 6.30. The van der Waals surface area contributed by atoms with E-state index in [0.29, 0.717) is 29.4 Å². The fourth-order valence-electron chi connectivity index (χ4n) is 4.63. The van der Waals surface area contributed by atoms with Crippen LogP contribution in [0.1, 0.15) is 60.3 Å². The molecular weight excluding hydrogens is 443 g/mol. The average Bonchev–Trinajstić information content (AvgIpc) is 3.13. The number of allylic oxidation sites excluding steroid dienone is 1. The van der Waals surface area contributed by atoms with Crippen molar-refractivity contribution in [3.63, 3.8) is 0 Å². The van der Waals surface area contributed by atoms with Crippen LogP contribution in [0.15, 0.2) is 54.2 Å². The van der Waals surface area contributed by atoms with Crippen LogP contribution in [0.4, 0.5) is 4.39 Å². The highest BCUT2D eigenvalue weighted by atomic mass is 19.1. The minimum atomic E-state index is -0.372. The maximum atomic E-state index is 13.9. The molecular formula is C28H25FN4O2. The number of ether oxygens (including phenoxy) is 2. The first-order chi connectivity index (χ1) is 16.9. The van der Waals surface area contributed by atoms with E-state index in [1.165, 1.54) is 12.1 Å². The van der Waals surface area contributed by atoms with Gasteiger partial charge in [-0.25, -0.2) is 9.37 Å². The lowest BCUT2D eigenvalue weighted by atomic mass is 9.89. The van der Waals surface area contributed by atoms with Gasteiger partial charge in [0, 0.05) is 41.5 Å². The zero-order chi connectivity index (χ0) is 24.7. The zero-order valence-corrected chi connectivity index (χ0v) is 20.1. The molecule has 4 aromatic rings. The topological polar surface area (TPSA) is 72.4 Å². The van der Waals surface area contributed by atoms with Crippen LogP contribution < -0.4 is 9.47 Å². The molecule has 176 valence electrons. The minimum Gasteiger partial charge on any atom is -0.488 e. The number of nitrogens with zero attached hydrogens (tertiary/aromatic N) is 4. The van der Waals surface area contributed by atoms with Crippen molar-refractivity contribution in [1.29, 1.82) is 5.26 Å². The first-order valence-corrected chi connectivity index (χ1v) is 11.5. The lowest BCUT2D eigenvalue weighted by Gasteiger charge is -2.13. The highest BCUT2D eigenvalue weighted by molar-refractivity contribution is 5.88. The second-order valence-electron chi connectivity index (χ2n) is 8.95. The van der Waals surface area contributed by atoms with Gasteiger partial charge in [0.25, 0.3) is 0 Å². The van der Waals surface area contributed by atoms with Crippen LogP contribution in [-0.2, 0) is 13.0 Å². The quantitative estimate of drug-likeness (QED) is 0.353. The minimum absolute atomic E-state index is 0.221.